The van der Waals surface area contributed by atoms with Gasteiger partial charge in [-0.15, -0.1) is 0 Å². The van der Waals surface area contributed by atoms with Crippen molar-refractivity contribution in [3.63, 3.8) is 0 Å². The van der Waals surface area contributed by atoms with Crippen LogP contribution in [0.15, 0.2) is 48.5 Å². The molecule has 2 aromatic rings. The molecule has 0 spiro atoms. The Kier molecular flexibility index (Phi) is 5.33. The van der Waals surface area contributed by atoms with Gasteiger partial charge in [-0.05, 0) is 23.3 Å². The second kappa shape index (κ2) is 8.22. The van der Waals surface area contributed by atoms with E-state index in [1.165, 1.54) is 9.80 Å². The molecular weight excluding hydrogens is 374 g/mol. The molecule has 8 nitrogen and oxygen atoms in total. The number of hydrogen-bond acceptors (Lipinski definition) is 5. The number of amides is 3. The van der Waals surface area contributed by atoms with Crippen LogP contribution in [-0.4, -0.2) is 53.9 Å². The first kappa shape index (κ1) is 18.8. The van der Waals surface area contributed by atoms with Gasteiger partial charge in [-0.25, -0.2) is 0 Å². The number of rotatable bonds is 6. The van der Waals surface area contributed by atoms with Crippen LogP contribution in [0.25, 0.3) is 0 Å². The van der Waals surface area contributed by atoms with Crippen molar-refractivity contribution in [1.29, 1.82) is 0 Å². The van der Waals surface area contributed by atoms with Gasteiger partial charge in [-0.2, -0.15) is 0 Å². The minimum Gasteiger partial charge on any atom is -0.454 e. The lowest BCUT2D eigenvalue weighted by Crippen LogP contribution is -2.55. The fraction of sp³-hybridized carbons (Fsp3) is 0.286. The highest BCUT2D eigenvalue weighted by molar-refractivity contribution is 6.35. The van der Waals surface area contributed by atoms with E-state index in [2.05, 4.69) is 5.32 Å². The molecule has 0 bridgehead atoms. The van der Waals surface area contributed by atoms with Crippen molar-refractivity contribution in [1.82, 2.24) is 15.1 Å². The highest BCUT2D eigenvalue weighted by Crippen LogP contribution is 2.32. The highest BCUT2D eigenvalue weighted by Gasteiger charge is 2.33. The van der Waals surface area contributed by atoms with Crippen molar-refractivity contribution >= 4 is 17.7 Å². The molecule has 29 heavy (non-hydrogen) atoms. The summed E-state index contributed by atoms with van der Waals surface area (Å²) in [5.74, 6) is -0.223. The number of benzene rings is 2. The smallest absolute Gasteiger partial charge is 0.312 e. The van der Waals surface area contributed by atoms with E-state index in [1.54, 1.807) is 12.1 Å². The number of piperazine rings is 1. The van der Waals surface area contributed by atoms with Crippen molar-refractivity contribution in [3.8, 4) is 11.5 Å². The lowest BCUT2D eigenvalue weighted by atomic mass is 10.2. The molecule has 2 aliphatic rings. The summed E-state index contributed by atoms with van der Waals surface area (Å²) < 4.78 is 10.6. The van der Waals surface area contributed by atoms with Gasteiger partial charge in [-0.3, -0.25) is 14.4 Å². The molecule has 0 radical (unpaired) electrons. The van der Waals surface area contributed by atoms with Crippen molar-refractivity contribution < 1.29 is 23.9 Å². The van der Waals surface area contributed by atoms with Crippen LogP contribution < -0.4 is 14.8 Å². The molecule has 0 saturated carbocycles. The summed E-state index contributed by atoms with van der Waals surface area (Å²) in [7, 11) is 0. The van der Waals surface area contributed by atoms with Gasteiger partial charge in [0.25, 0.3) is 0 Å². The Bertz CT molecular complexity index is 931. The molecule has 1 N–H and O–H groups in total. The zero-order chi connectivity index (χ0) is 20.2. The van der Waals surface area contributed by atoms with Gasteiger partial charge in [0, 0.05) is 26.2 Å². The lowest BCUT2D eigenvalue weighted by molar-refractivity contribution is -0.157. The first-order valence-corrected chi connectivity index (χ1v) is 9.37. The first-order valence-electron chi connectivity index (χ1n) is 9.37. The van der Waals surface area contributed by atoms with Crippen LogP contribution in [0.5, 0.6) is 11.5 Å². The highest BCUT2D eigenvalue weighted by atomic mass is 16.7. The standard InChI is InChI=1S/C21H21N3O5/c25-19(22-11-16-6-7-17-18(10-16)29-14-28-17)13-24-9-8-23(20(26)21(24)27)12-15-4-2-1-3-5-15/h1-7,10H,8-9,11-14H2,(H,22,25). The summed E-state index contributed by atoms with van der Waals surface area (Å²) in [6.07, 6.45) is 0. The van der Waals surface area contributed by atoms with Crippen molar-refractivity contribution in [2.45, 2.75) is 13.1 Å². The Balaban J connectivity index is 1.28. The minimum atomic E-state index is -0.648. The third-order valence-electron chi connectivity index (χ3n) is 4.87. The van der Waals surface area contributed by atoms with Crippen LogP contribution in [0.1, 0.15) is 11.1 Å². The van der Waals surface area contributed by atoms with Crippen LogP contribution in [0.4, 0.5) is 0 Å². The van der Waals surface area contributed by atoms with E-state index >= 15 is 0 Å². The molecule has 0 aromatic heterocycles. The number of ether oxygens (including phenoxy) is 2. The average molecular weight is 395 g/mol. The average Bonchev–Trinajstić information content (AvgIpc) is 3.21. The van der Waals surface area contributed by atoms with Crippen molar-refractivity contribution in [2.24, 2.45) is 0 Å². The topological polar surface area (TPSA) is 88.2 Å². The fourth-order valence-corrected chi connectivity index (χ4v) is 3.30. The van der Waals surface area contributed by atoms with E-state index in [-0.39, 0.29) is 19.2 Å². The fourth-order valence-electron chi connectivity index (χ4n) is 3.30. The summed E-state index contributed by atoms with van der Waals surface area (Å²) in [6.45, 7) is 1.46. The predicted molar refractivity (Wildman–Crippen MR) is 103 cm³/mol. The summed E-state index contributed by atoms with van der Waals surface area (Å²) in [6, 6.07) is 14.9. The van der Waals surface area contributed by atoms with Gasteiger partial charge in [0.05, 0.1) is 0 Å². The molecule has 4 rings (SSSR count). The largest absolute Gasteiger partial charge is 0.454 e. The molecule has 2 aromatic carbocycles. The van der Waals surface area contributed by atoms with E-state index in [1.807, 2.05) is 36.4 Å². The summed E-state index contributed by atoms with van der Waals surface area (Å²) in [5, 5.41) is 2.77. The summed E-state index contributed by atoms with van der Waals surface area (Å²) in [5.41, 5.74) is 1.82. The van der Waals surface area contributed by atoms with Crippen LogP contribution >= 0.6 is 0 Å². The normalized spacial score (nSPS) is 15.6. The van der Waals surface area contributed by atoms with Gasteiger partial charge in [0.15, 0.2) is 11.5 Å². The van der Waals surface area contributed by atoms with Gasteiger partial charge in [-0.1, -0.05) is 36.4 Å². The Morgan fingerprint density at radius 3 is 2.45 bits per heavy atom. The third-order valence-corrected chi connectivity index (χ3v) is 4.87. The molecule has 1 saturated heterocycles. The maximum atomic E-state index is 12.4. The number of fused-ring (bicyclic) bond motifs is 1. The lowest BCUT2D eigenvalue weighted by Gasteiger charge is -2.33. The Labute approximate surface area is 168 Å². The number of nitrogens with zero attached hydrogens (tertiary/aromatic N) is 2. The number of hydrogen-bond donors (Lipinski definition) is 1. The number of carbonyl (C=O) groups excluding carboxylic acids is 3. The summed E-state index contributed by atoms with van der Waals surface area (Å²) >= 11 is 0. The second-order valence-corrected chi connectivity index (χ2v) is 6.90. The molecule has 1 fully saturated rings. The second-order valence-electron chi connectivity index (χ2n) is 6.90. The number of nitrogens with one attached hydrogen (secondary N) is 1. The van der Waals surface area contributed by atoms with E-state index in [4.69, 9.17) is 9.47 Å². The molecule has 0 unspecified atom stereocenters. The van der Waals surface area contributed by atoms with Crippen LogP contribution in [0.3, 0.4) is 0 Å². The first-order chi connectivity index (χ1) is 14.1. The Hall–Kier alpha value is -3.55. The Morgan fingerprint density at radius 1 is 0.897 bits per heavy atom. The maximum absolute atomic E-state index is 12.4. The monoisotopic (exact) mass is 395 g/mol. The SMILES string of the molecule is O=C(CN1CCN(Cc2ccccc2)C(=O)C1=O)NCc1ccc2c(c1)OCO2. The molecule has 3 amide bonds. The van der Waals surface area contributed by atoms with Crippen LogP contribution in [0, 0.1) is 0 Å². The van der Waals surface area contributed by atoms with E-state index < -0.39 is 11.8 Å². The van der Waals surface area contributed by atoms with Gasteiger partial charge in [0.1, 0.15) is 6.54 Å². The third kappa shape index (κ3) is 4.31. The minimum absolute atomic E-state index is 0.145. The van der Waals surface area contributed by atoms with E-state index in [9.17, 15) is 14.4 Å². The zero-order valence-electron chi connectivity index (χ0n) is 15.8. The van der Waals surface area contributed by atoms with E-state index in [0.29, 0.717) is 37.7 Å². The summed E-state index contributed by atoms with van der Waals surface area (Å²) in [4.78, 5) is 39.8. The molecule has 0 atom stereocenters. The molecule has 150 valence electrons. The van der Waals surface area contributed by atoms with Crippen molar-refractivity contribution in [3.05, 3.63) is 59.7 Å². The zero-order valence-corrected chi connectivity index (χ0v) is 15.8. The Morgan fingerprint density at radius 2 is 1.62 bits per heavy atom. The molecule has 2 heterocycles. The molecule has 8 heteroatoms. The maximum Gasteiger partial charge on any atom is 0.312 e. The van der Waals surface area contributed by atoms with Crippen LogP contribution in [-0.2, 0) is 27.5 Å². The van der Waals surface area contributed by atoms with Crippen molar-refractivity contribution in [2.75, 3.05) is 26.4 Å². The van der Waals surface area contributed by atoms with Gasteiger partial charge in [0.2, 0.25) is 12.7 Å². The molecule has 2 aliphatic heterocycles. The van der Waals surface area contributed by atoms with E-state index in [0.717, 1.165) is 11.1 Å². The number of carbonyl (C=O) groups is 3. The van der Waals surface area contributed by atoms with Gasteiger partial charge >= 0.3 is 11.8 Å². The predicted octanol–water partition coefficient (Wildman–Crippen LogP) is 0.902. The molecular formula is C21H21N3O5. The molecule has 0 aliphatic carbocycles. The quantitative estimate of drug-likeness (QED) is 0.735. The van der Waals surface area contributed by atoms with Crippen LogP contribution in [0.2, 0.25) is 0 Å². The van der Waals surface area contributed by atoms with Gasteiger partial charge < -0.3 is 24.6 Å².